The molecule has 0 N–H and O–H groups in total. The number of benzene rings is 1. The SMILES string of the molecule is CCC1OC(c2ccno2)=[C]N1c1ccccc1. The van der Waals surface area contributed by atoms with Crippen molar-refractivity contribution < 1.29 is 9.26 Å². The maximum absolute atomic E-state index is 5.82. The van der Waals surface area contributed by atoms with Crippen molar-refractivity contribution in [3.05, 3.63) is 54.6 Å². The van der Waals surface area contributed by atoms with Crippen LogP contribution in [0.25, 0.3) is 5.76 Å². The van der Waals surface area contributed by atoms with Crippen molar-refractivity contribution in [2.75, 3.05) is 4.90 Å². The van der Waals surface area contributed by atoms with Crippen molar-refractivity contribution in [2.45, 2.75) is 19.6 Å². The van der Waals surface area contributed by atoms with Gasteiger partial charge in [0.2, 0.25) is 5.76 Å². The van der Waals surface area contributed by atoms with E-state index in [2.05, 4.69) is 18.3 Å². The molecule has 1 aliphatic rings. The smallest absolute Gasteiger partial charge is 0.203 e. The van der Waals surface area contributed by atoms with E-state index in [1.165, 1.54) is 0 Å². The molecular weight excluding hydrogens is 228 g/mol. The highest BCUT2D eigenvalue weighted by atomic mass is 16.5. The first-order chi connectivity index (χ1) is 8.88. The number of para-hydroxylation sites is 1. The lowest BCUT2D eigenvalue weighted by molar-refractivity contribution is 0.180. The summed E-state index contributed by atoms with van der Waals surface area (Å²) < 4.78 is 10.9. The van der Waals surface area contributed by atoms with Gasteiger partial charge in [0.15, 0.2) is 12.0 Å². The number of anilines is 1. The fourth-order valence-electron chi connectivity index (χ4n) is 1.93. The molecule has 0 spiro atoms. The highest BCUT2D eigenvalue weighted by Gasteiger charge is 2.28. The summed E-state index contributed by atoms with van der Waals surface area (Å²) >= 11 is 0. The van der Waals surface area contributed by atoms with Gasteiger partial charge in [-0.25, -0.2) is 0 Å². The minimum Gasteiger partial charge on any atom is -0.464 e. The molecular formula is C14H13N2O2. The van der Waals surface area contributed by atoms with Crippen LogP contribution in [0.5, 0.6) is 0 Å². The fraction of sp³-hybridized carbons (Fsp3) is 0.214. The summed E-state index contributed by atoms with van der Waals surface area (Å²) in [6.45, 7) is 2.08. The van der Waals surface area contributed by atoms with Gasteiger partial charge in [0, 0.05) is 18.2 Å². The quantitative estimate of drug-likeness (QED) is 0.827. The molecule has 0 fully saturated rings. The van der Waals surface area contributed by atoms with Crippen LogP contribution in [0, 0.1) is 6.20 Å². The lowest BCUT2D eigenvalue weighted by Gasteiger charge is -2.22. The number of nitrogens with zero attached hydrogens (tertiary/aromatic N) is 2. The van der Waals surface area contributed by atoms with Gasteiger partial charge in [-0.3, -0.25) is 0 Å². The topological polar surface area (TPSA) is 38.5 Å². The lowest BCUT2D eigenvalue weighted by atomic mass is 10.2. The molecule has 1 unspecified atom stereocenters. The molecule has 91 valence electrons. The third kappa shape index (κ3) is 1.86. The predicted octanol–water partition coefficient (Wildman–Crippen LogP) is 3.05. The molecule has 0 amide bonds. The van der Waals surface area contributed by atoms with E-state index in [0.29, 0.717) is 11.5 Å². The van der Waals surface area contributed by atoms with Crippen molar-refractivity contribution >= 4 is 11.4 Å². The summed E-state index contributed by atoms with van der Waals surface area (Å²) in [5.41, 5.74) is 1.05. The normalized spacial score (nSPS) is 18.6. The van der Waals surface area contributed by atoms with E-state index >= 15 is 0 Å². The van der Waals surface area contributed by atoms with E-state index in [-0.39, 0.29) is 6.23 Å². The van der Waals surface area contributed by atoms with Crippen LogP contribution in [0.1, 0.15) is 19.1 Å². The Bertz CT molecular complexity index is 534. The largest absolute Gasteiger partial charge is 0.464 e. The van der Waals surface area contributed by atoms with Gasteiger partial charge in [0.1, 0.15) is 6.20 Å². The second kappa shape index (κ2) is 4.56. The van der Waals surface area contributed by atoms with Gasteiger partial charge < -0.3 is 14.2 Å². The summed E-state index contributed by atoms with van der Waals surface area (Å²) in [6.07, 6.45) is 5.61. The van der Waals surface area contributed by atoms with E-state index in [4.69, 9.17) is 9.26 Å². The van der Waals surface area contributed by atoms with Crippen molar-refractivity contribution in [3.8, 4) is 0 Å². The number of aromatic nitrogens is 1. The summed E-state index contributed by atoms with van der Waals surface area (Å²) in [7, 11) is 0. The Balaban J connectivity index is 1.93. The van der Waals surface area contributed by atoms with Gasteiger partial charge in [-0.15, -0.1) is 0 Å². The number of rotatable bonds is 3. The van der Waals surface area contributed by atoms with Gasteiger partial charge in [0.25, 0.3) is 0 Å². The Morgan fingerprint density at radius 3 is 2.78 bits per heavy atom. The molecule has 0 saturated heterocycles. The minimum atomic E-state index is -0.0486. The summed E-state index contributed by atoms with van der Waals surface area (Å²) in [6, 6.07) is 11.8. The van der Waals surface area contributed by atoms with Crippen molar-refractivity contribution in [2.24, 2.45) is 0 Å². The highest BCUT2D eigenvalue weighted by molar-refractivity contribution is 5.62. The lowest BCUT2D eigenvalue weighted by Crippen LogP contribution is -2.27. The third-order valence-electron chi connectivity index (χ3n) is 2.81. The van der Waals surface area contributed by atoms with E-state index in [9.17, 15) is 0 Å². The molecule has 2 heterocycles. The first kappa shape index (κ1) is 10.9. The van der Waals surface area contributed by atoms with Crippen LogP contribution in [0.2, 0.25) is 0 Å². The Hall–Kier alpha value is -2.23. The van der Waals surface area contributed by atoms with Crippen molar-refractivity contribution in [3.63, 3.8) is 0 Å². The number of ether oxygens (including phenoxy) is 1. The molecule has 4 heteroatoms. The Morgan fingerprint density at radius 1 is 1.28 bits per heavy atom. The van der Waals surface area contributed by atoms with Crippen LogP contribution in [-0.4, -0.2) is 11.4 Å². The first-order valence-electron chi connectivity index (χ1n) is 5.94. The number of hydrogen-bond donors (Lipinski definition) is 0. The van der Waals surface area contributed by atoms with Crippen LogP contribution < -0.4 is 4.90 Å². The molecule has 0 aliphatic carbocycles. The molecule has 18 heavy (non-hydrogen) atoms. The maximum Gasteiger partial charge on any atom is 0.203 e. The zero-order valence-electron chi connectivity index (χ0n) is 10.0. The standard InChI is InChI=1S/C14H13N2O2/c1-2-14-16(11-6-4-3-5-7-11)10-13(17-14)12-8-9-15-18-12/h3-9,14H,2H2,1H3. The van der Waals surface area contributed by atoms with Gasteiger partial charge in [-0.2, -0.15) is 0 Å². The molecule has 0 bridgehead atoms. The van der Waals surface area contributed by atoms with Crippen molar-refractivity contribution in [1.82, 2.24) is 5.16 Å². The van der Waals surface area contributed by atoms with E-state index < -0.39 is 0 Å². The van der Waals surface area contributed by atoms with Crippen LogP contribution in [-0.2, 0) is 4.74 Å². The molecule has 4 nitrogen and oxygen atoms in total. The monoisotopic (exact) mass is 241 g/mol. The Kier molecular flexibility index (Phi) is 2.76. The Labute approximate surface area is 105 Å². The summed E-state index contributed by atoms with van der Waals surface area (Å²) in [4.78, 5) is 1.98. The molecule has 0 saturated carbocycles. The Morgan fingerprint density at radius 2 is 2.11 bits per heavy atom. The van der Waals surface area contributed by atoms with Crippen LogP contribution in [0.15, 0.2) is 47.1 Å². The van der Waals surface area contributed by atoms with Gasteiger partial charge in [0.05, 0.1) is 6.20 Å². The second-order valence-corrected chi connectivity index (χ2v) is 4.00. The molecule has 1 radical (unpaired) electrons. The zero-order chi connectivity index (χ0) is 12.4. The number of hydrogen-bond acceptors (Lipinski definition) is 4. The van der Waals surface area contributed by atoms with Crippen LogP contribution in [0.4, 0.5) is 5.69 Å². The van der Waals surface area contributed by atoms with Crippen LogP contribution in [0.3, 0.4) is 0 Å². The third-order valence-corrected chi connectivity index (χ3v) is 2.81. The first-order valence-corrected chi connectivity index (χ1v) is 5.94. The molecule has 1 aliphatic heterocycles. The van der Waals surface area contributed by atoms with E-state index in [1.807, 2.05) is 35.2 Å². The molecule has 2 aromatic rings. The highest BCUT2D eigenvalue weighted by Crippen LogP contribution is 2.31. The zero-order valence-corrected chi connectivity index (χ0v) is 10.0. The summed E-state index contributed by atoms with van der Waals surface area (Å²) in [5.74, 6) is 1.20. The van der Waals surface area contributed by atoms with Gasteiger partial charge >= 0.3 is 0 Å². The van der Waals surface area contributed by atoms with Gasteiger partial charge in [-0.05, 0) is 12.1 Å². The maximum atomic E-state index is 5.82. The van der Waals surface area contributed by atoms with E-state index in [1.54, 1.807) is 12.3 Å². The average molecular weight is 241 g/mol. The minimum absolute atomic E-state index is 0.0486. The molecule has 1 aromatic carbocycles. The van der Waals surface area contributed by atoms with Gasteiger partial charge in [-0.1, -0.05) is 30.3 Å². The van der Waals surface area contributed by atoms with E-state index in [0.717, 1.165) is 12.1 Å². The van der Waals surface area contributed by atoms with Crippen LogP contribution >= 0.6 is 0 Å². The predicted molar refractivity (Wildman–Crippen MR) is 67.2 cm³/mol. The van der Waals surface area contributed by atoms with Crippen molar-refractivity contribution in [1.29, 1.82) is 0 Å². The molecule has 3 rings (SSSR count). The summed E-state index contributed by atoms with van der Waals surface area (Å²) in [5, 5.41) is 3.68. The molecule has 1 atom stereocenters. The average Bonchev–Trinajstić information content (AvgIpc) is 3.08. The molecule has 1 aromatic heterocycles. The fourth-order valence-corrected chi connectivity index (χ4v) is 1.93. The second-order valence-electron chi connectivity index (χ2n) is 4.00.